The lowest BCUT2D eigenvalue weighted by Crippen LogP contribution is -2.41. The average molecular weight is 461 g/mol. The van der Waals surface area contributed by atoms with Gasteiger partial charge in [-0.1, -0.05) is 12.1 Å². The van der Waals surface area contributed by atoms with Crippen LogP contribution in [-0.2, 0) is 6.42 Å². The number of rotatable bonds is 7. The van der Waals surface area contributed by atoms with Gasteiger partial charge in [0.25, 0.3) is 0 Å². The molecule has 7 nitrogen and oxygen atoms in total. The molecule has 1 N–H and O–H groups in total. The first-order chi connectivity index (χ1) is 16.5. The predicted octanol–water partition coefficient (Wildman–Crippen LogP) is 4.97. The largest absolute Gasteiger partial charge is 0.493 e. The second-order valence-electron chi connectivity index (χ2n) is 8.58. The molecule has 3 aromatic rings. The standard InChI is InChI=1S/C27H28N2O5/c1-19-10-13-28-23(16-19)17-20-2-6-25(7-3-20)34-27(32)29-14-11-21(12-15-29)18-33-24-8-4-22(5-9-24)26(30)31/h2-10,13,16,21H,11-12,14-15,17-18H2,1H3,(H,30,31). The molecular weight excluding hydrogens is 432 g/mol. The van der Waals surface area contributed by atoms with Crippen LogP contribution in [0.1, 0.15) is 40.0 Å². The lowest BCUT2D eigenvalue weighted by molar-refractivity contribution is 0.0696. The topological polar surface area (TPSA) is 89.0 Å². The fourth-order valence-corrected chi connectivity index (χ4v) is 3.94. The van der Waals surface area contributed by atoms with Gasteiger partial charge in [0.05, 0.1) is 12.2 Å². The van der Waals surface area contributed by atoms with E-state index in [4.69, 9.17) is 14.6 Å². The molecule has 2 heterocycles. The van der Waals surface area contributed by atoms with Crippen molar-refractivity contribution in [2.75, 3.05) is 19.7 Å². The van der Waals surface area contributed by atoms with E-state index in [2.05, 4.69) is 11.1 Å². The SMILES string of the molecule is Cc1ccnc(Cc2ccc(OC(=O)N3CCC(COc4ccc(C(=O)O)cc4)CC3)cc2)c1. The highest BCUT2D eigenvalue weighted by atomic mass is 16.6. The molecule has 1 aliphatic rings. The van der Waals surface area contributed by atoms with Crippen LogP contribution < -0.4 is 9.47 Å². The van der Waals surface area contributed by atoms with Crippen LogP contribution in [-0.4, -0.2) is 46.7 Å². The molecule has 0 saturated carbocycles. The van der Waals surface area contributed by atoms with E-state index in [1.807, 2.05) is 43.5 Å². The van der Waals surface area contributed by atoms with Crippen molar-refractivity contribution in [2.24, 2.45) is 5.92 Å². The maximum atomic E-state index is 12.6. The number of aryl methyl sites for hydroxylation is 1. The number of piperidine rings is 1. The van der Waals surface area contributed by atoms with Gasteiger partial charge in [0.15, 0.2) is 0 Å². The molecule has 0 spiro atoms. The number of pyridine rings is 1. The van der Waals surface area contributed by atoms with E-state index in [0.717, 1.165) is 30.5 Å². The van der Waals surface area contributed by atoms with Gasteiger partial charge in [0.1, 0.15) is 11.5 Å². The molecule has 34 heavy (non-hydrogen) atoms. The molecule has 1 amide bonds. The van der Waals surface area contributed by atoms with E-state index in [1.54, 1.807) is 17.0 Å². The normalized spacial score (nSPS) is 14.0. The van der Waals surface area contributed by atoms with Crippen LogP contribution in [0.25, 0.3) is 0 Å². The second-order valence-corrected chi connectivity index (χ2v) is 8.58. The molecule has 4 rings (SSSR count). The summed E-state index contributed by atoms with van der Waals surface area (Å²) >= 11 is 0. The number of carbonyl (C=O) groups is 2. The lowest BCUT2D eigenvalue weighted by Gasteiger charge is -2.31. The lowest BCUT2D eigenvalue weighted by atomic mass is 9.98. The maximum absolute atomic E-state index is 12.6. The van der Waals surface area contributed by atoms with Crippen LogP contribution >= 0.6 is 0 Å². The predicted molar refractivity (Wildman–Crippen MR) is 127 cm³/mol. The number of nitrogens with zero attached hydrogens (tertiary/aromatic N) is 2. The number of ether oxygens (including phenoxy) is 2. The first-order valence-corrected chi connectivity index (χ1v) is 11.4. The molecule has 0 radical (unpaired) electrons. The molecule has 7 heteroatoms. The Bertz CT molecular complexity index is 1120. The van der Waals surface area contributed by atoms with E-state index >= 15 is 0 Å². The molecule has 0 bridgehead atoms. The van der Waals surface area contributed by atoms with Crippen molar-refractivity contribution in [3.05, 3.63) is 89.2 Å². The number of carboxylic acid groups (broad SMARTS) is 1. The maximum Gasteiger partial charge on any atom is 0.415 e. The molecule has 0 aliphatic carbocycles. The van der Waals surface area contributed by atoms with Gasteiger partial charge >= 0.3 is 12.1 Å². The Morgan fingerprint density at radius 2 is 1.68 bits per heavy atom. The summed E-state index contributed by atoms with van der Waals surface area (Å²) in [6.45, 7) is 3.81. The van der Waals surface area contributed by atoms with Crippen LogP contribution in [0.2, 0.25) is 0 Å². The Labute approximate surface area is 199 Å². The van der Waals surface area contributed by atoms with Gasteiger partial charge in [-0.3, -0.25) is 4.98 Å². The average Bonchev–Trinajstić information content (AvgIpc) is 2.84. The number of amides is 1. The Morgan fingerprint density at radius 3 is 2.32 bits per heavy atom. The van der Waals surface area contributed by atoms with Gasteiger partial charge in [-0.05, 0) is 85.3 Å². The minimum absolute atomic E-state index is 0.233. The highest BCUT2D eigenvalue weighted by Gasteiger charge is 2.24. The summed E-state index contributed by atoms with van der Waals surface area (Å²) in [6.07, 6.45) is 3.86. The Morgan fingerprint density at radius 1 is 1.00 bits per heavy atom. The number of aromatic carboxylic acids is 1. The van der Waals surface area contributed by atoms with Gasteiger partial charge in [0.2, 0.25) is 0 Å². The fourth-order valence-electron chi connectivity index (χ4n) is 3.94. The summed E-state index contributed by atoms with van der Waals surface area (Å²) in [6, 6.07) is 18.0. The van der Waals surface area contributed by atoms with Crippen LogP contribution in [0.5, 0.6) is 11.5 Å². The summed E-state index contributed by atoms with van der Waals surface area (Å²) in [5, 5.41) is 8.96. The zero-order valence-electron chi connectivity index (χ0n) is 19.1. The zero-order valence-corrected chi connectivity index (χ0v) is 19.1. The molecule has 176 valence electrons. The first kappa shape index (κ1) is 23.3. The molecule has 1 fully saturated rings. The number of hydrogen-bond donors (Lipinski definition) is 1. The van der Waals surface area contributed by atoms with Crippen LogP contribution in [0, 0.1) is 12.8 Å². The Balaban J connectivity index is 1.21. The van der Waals surface area contributed by atoms with Gasteiger partial charge in [-0.25, -0.2) is 9.59 Å². The van der Waals surface area contributed by atoms with Crippen molar-refractivity contribution in [1.29, 1.82) is 0 Å². The van der Waals surface area contributed by atoms with Crippen molar-refractivity contribution in [1.82, 2.24) is 9.88 Å². The van der Waals surface area contributed by atoms with Gasteiger partial charge in [-0.2, -0.15) is 0 Å². The second kappa shape index (κ2) is 10.8. The number of hydrogen-bond acceptors (Lipinski definition) is 5. The van der Waals surface area contributed by atoms with Gasteiger partial charge < -0.3 is 19.5 Å². The van der Waals surface area contributed by atoms with Crippen molar-refractivity contribution >= 4 is 12.1 Å². The smallest absolute Gasteiger partial charge is 0.415 e. The number of aromatic nitrogens is 1. The molecular formula is C27H28N2O5. The highest BCUT2D eigenvalue weighted by molar-refractivity contribution is 5.87. The summed E-state index contributed by atoms with van der Waals surface area (Å²) in [5.41, 5.74) is 3.53. The molecule has 0 unspecified atom stereocenters. The van der Waals surface area contributed by atoms with Crippen LogP contribution in [0.4, 0.5) is 4.79 Å². The van der Waals surface area contributed by atoms with E-state index in [-0.39, 0.29) is 11.7 Å². The van der Waals surface area contributed by atoms with Crippen molar-refractivity contribution in [2.45, 2.75) is 26.2 Å². The number of benzene rings is 2. The Kier molecular flexibility index (Phi) is 7.42. The van der Waals surface area contributed by atoms with Crippen LogP contribution in [0.15, 0.2) is 66.9 Å². The van der Waals surface area contributed by atoms with E-state index in [0.29, 0.717) is 37.1 Å². The van der Waals surface area contributed by atoms with Crippen molar-refractivity contribution in [3.8, 4) is 11.5 Å². The van der Waals surface area contributed by atoms with E-state index in [1.165, 1.54) is 17.7 Å². The molecule has 2 aromatic carbocycles. The molecule has 0 atom stereocenters. The third-order valence-corrected chi connectivity index (χ3v) is 5.95. The first-order valence-electron chi connectivity index (χ1n) is 11.4. The highest BCUT2D eigenvalue weighted by Crippen LogP contribution is 2.22. The summed E-state index contributed by atoms with van der Waals surface area (Å²) in [4.78, 5) is 29.6. The third-order valence-electron chi connectivity index (χ3n) is 5.95. The molecule has 1 saturated heterocycles. The minimum atomic E-state index is -0.957. The van der Waals surface area contributed by atoms with Gasteiger partial charge in [-0.15, -0.1) is 0 Å². The Hall–Kier alpha value is -3.87. The monoisotopic (exact) mass is 460 g/mol. The van der Waals surface area contributed by atoms with Gasteiger partial charge in [0, 0.05) is 31.4 Å². The third kappa shape index (κ3) is 6.34. The number of carboxylic acids is 1. The molecule has 1 aliphatic heterocycles. The van der Waals surface area contributed by atoms with Crippen molar-refractivity contribution < 1.29 is 24.2 Å². The number of carbonyl (C=O) groups excluding carboxylic acids is 1. The van der Waals surface area contributed by atoms with E-state index in [9.17, 15) is 9.59 Å². The summed E-state index contributed by atoms with van der Waals surface area (Å²) in [5.74, 6) is 0.550. The van der Waals surface area contributed by atoms with Crippen molar-refractivity contribution in [3.63, 3.8) is 0 Å². The van der Waals surface area contributed by atoms with E-state index < -0.39 is 5.97 Å². The quantitative estimate of drug-likeness (QED) is 0.536. The number of likely N-dealkylation sites (tertiary alicyclic amines) is 1. The molecule has 1 aromatic heterocycles. The zero-order chi connectivity index (χ0) is 23.9. The fraction of sp³-hybridized carbons (Fsp3) is 0.296. The summed E-state index contributed by atoms with van der Waals surface area (Å²) < 4.78 is 11.4. The minimum Gasteiger partial charge on any atom is -0.493 e. The summed E-state index contributed by atoms with van der Waals surface area (Å²) in [7, 11) is 0. The van der Waals surface area contributed by atoms with Crippen LogP contribution in [0.3, 0.4) is 0 Å².